The van der Waals surface area contributed by atoms with Gasteiger partial charge in [-0.15, -0.1) is 0 Å². The second kappa shape index (κ2) is 2.56. The van der Waals surface area contributed by atoms with Crippen LogP contribution in [-0.4, -0.2) is 28.7 Å². The Hall–Kier alpha value is -0.710. The molecule has 0 aromatic rings. The number of aliphatic hydroxyl groups is 1. The van der Waals surface area contributed by atoms with Crippen LogP contribution in [0.1, 0.15) is 0 Å². The third-order valence-corrected chi connectivity index (χ3v) is 0.492. The van der Waals surface area contributed by atoms with E-state index in [2.05, 4.69) is 0 Å². The number of hydrogen-bond acceptors (Lipinski definition) is 2. The van der Waals surface area contributed by atoms with Crippen LogP contribution in [0.2, 0.25) is 0 Å². The highest BCUT2D eigenvalue weighted by atomic mass is 19.3. The summed E-state index contributed by atoms with van der Waals surface area (Å²) < 4.78 is 22.1. The molecule has 0 rings (SSSR count). The number of rotatable bonds is 2. The van der Waals surface area contributed by atoms with Crippen LogP contribution in [0.4, 0.5) is 8.78 Å². The Bertz CT molecular complexity index is 92.5. The fourth-order valence-corrected chi connectivity index (χ4v) is 0.108. The van der Waals surface area contributed by atoms with Gasteiger partial charge in [-0.2, -0.15) is 0 Å². The highest BCUT2D eigenvalue weighted by Gasteiger charge is 2.23. The van der Waals surface area contributed by atoms with Crippen molar-refractivity contribution in [3.63, 3.8) is 0 Å². The number of alkyl halides is 2. The van der Waals surface area contributed by atoms with E-state index in [1.165, 1.54) is 0 Å². The van der Waals surface area contributed by atoms with E-state index >= 15 is 0 Å². The normalized spacial score (nSPS) is 14.0. The molecule has 5 heteroatoms. The zero-order valence-electron chi connectivity index (χ0n) is 3.71. The van der Waals surface area contributed by atoms with E-state index in [0.29, 0.717) is 0 Å². The van der Waals surface area contributed by atoms with Crippen molar-refractivity contribution in [1.29, 1.82) is 0 Å². The van der Waals surface area contributed by atoms with Crippen LogP contribution < -0.4 is 0 Å². The predicted octanol–water partition coefficient (Wildman–Crippen LogP) is -0.303. The molecule has 0 bridgehead atoms. The van der Waals surface area contributed by atoms with Crippen molar-refractivity contribution in [3.8, 4) is 0 Å². The maximum absolute atomic E-state index is 11.0. The number of hydrogen-bond donors (Lipinski definition) is 2. The van der Waals surface area contributed by atoms with Crippen molar-refractivity contribution in [2.24, 2.45) is 0 Å². The number of halogens is 2. The van der Waals surface area contributed by atoms with Gasteiger partial charge >= 0.3 is 5.97 Å². The maximum atomic E-state index is 11.0. The number of carbonyl (C=O) groups is 1. The highest BCUT2D eigenvalue weighted by Crippen LogP contribution is 1.98. The monoisotopic (exact) mass is 126 g/mol. The molecule has 48 valence electrons. The van der Waals surface area contributed by atoms with Gasteiger partial charge in [0.05, 0.1) is 0 Å². The first kappa shape index (κ1) is 7.29. The van der Waals surface area contributed by atoms with Crippen molar-refractivity contribution >= 4 is 5.97 Å². The first-order chi connectivity index (χ1) is 3.55. The Morgan fingerprint density at radius 3 is 1.88 bits per heavy atom. The van der Waals surface area contributed by atoms with E-state index < -0.39 is 18.5 Å². The van der Waals surface area contributed by atoms with E-state index in [-0.39, 0.29) is 0 Å². The number of carboxylic acids is 1. The highest BCUT2D eigenvalue weighted by molar-refractivity contribution is 5.72. The fraction of sp³-hybridized carbons (Fsp3) is 0.667. The minimum Gasteiger partial charge on any atom is -0.479 e. The molecule has 0 aromatic heterocycles. The van der Waals surface area contributed by atoms with Gasteiger partial charge in [0.2, 0.25) is 6.10 Å². The van der Waals surface area contributed by atoms with Gasteiger partial charge in [-0.05, 0) is 0 Å². The summed E-state index contributed by atoms with van der Waals surface area (Å²) in [4.78, 5) is 9.41. The second-order valence-corrected chi connectivity index (χ2v) is 1.12. The number of carboxylic acid groups (broad SMARTS) is 1. The van der Waals surface area contributed by atoms with Gasteiger partial charge in [-0.1, -0.05) is 0 Å². The van der Waals surface area contributed by atoms with Crippen LogP contribution in [0.25, 0.3) is 0 Å². The fourth-order valence-electron chi connectivity index (χ4n) is 0.108. The third-order valence-electron chi connectivity index (χ3n) is 0.492. The number of aliphatic carboxylic acids is 1. The van der Waals surface area contributed by atoms with E-state index in [4.69, 9.17) is 10.2 Å². The van der Waals surface area contributed by atoms with Crippen LogP contribution in [0, 0.1) is 0 Å². The Labute approximate surface area is 43.6 Å². The molecular formula is C3H4F2O3. The lowest BCUT2D eigenvalue weighted by Gasteiger charge is -1.99. The minimum absolute atomic E-state index is 1.90. The molecule has 0 aliphatic heterocycles. The lowest BCUT2D eigenvalue weighted by molar-refractivity contribution is -0.154. The molecule has 0 fully saturated rings. The van der Waals surface area contributed by atoms with Gasteiger partial charge in [0.15, 0.2) is 0 Å². The van der Waals surface area contributed by atoms with E-state index in [1.54, 1.807) is 0 Å². The predicted molar refractivity (Wildman–Crippen MR) is 19.6 cm³/mol. The Balaban J connectivity index is 3.64. The summed E-state index contributed by atoms with van der Waals surface area (Å²) in [5.74, 6) is -1.90. The molecule has 3 nitrogen and oxygen atoms in total. The van der Waals surface area contributed by atoms with Crippen molar-refractivity contribution in [2.45, 2.75) is 12.5 Å². The molecule has 0 heterocycles. The molecule has 1 atom stereocenters. The quantitative estimate of drug-likeness (QED) is 0.533. The average molecular weight is 126 g/mol. The molecule has 1 unspecified atom stereocenters. The average Bonchev–Trinajstić information content (AvgIpc) is 1.64. The Kier molecular flexibility index (Phi) is 2.33. The van der Waals surface area contributed by atoms with Crippen molar-refractivity contribution in [2.75, 3.05) is 0 Å². The standard InChI is InChI=1S/C3H4F2O3/c4-2(5)1(6)3(7)8/h1-2,6H,(H,7,8). The van der Waals surface area contributed by atoms with Crippen LogP contribution >= 0.6 is 0 Å². The Morgan fingerprint density at radius 2 is 1.88 bits per heavy atom. The van der Waals surface area contributed by atoms with Crippen molar-refractivity contribution in [3.05, 3.63) is 0 Å². The Morgan fingerprint density at radius 1 is 1.50 bits per heavy atom. The topological polar surface area (TPSA) is 57.5 Å². The molecule has 2 N–H and O–H groups in total. The summed E-state index contributed by atoms with van der Waals surface area (Å²) in [7, 11) is 0. The van der Waals surface area contributed by atoms with Crippen LogP contribution in [0.3, 0.4) is 0 Å². The summed E-state index contributed by atoms with van der Waals surface area (Å²) in [6.45, 7) is 0. The summed E-state index contributed by atoms with van der Waals surface area (Å²) in [5, 5.41) is 15.5. The van der Waals surface area contributed by atoms with Gasteiger partial charge in [0.25, 0.3) is 6.43 Å². The van der Waals surface area contributed by atoms with Gasteiger partial charge in [0.1, 0.15) is 0 Å². The summed E-state index contributed by atoms with van der Waals surface area (Å²) in [6, 6.07) is 0. The van der Waals surface area contributed by atoms with Crippen molar-refractivity contribution < 1.29 is 23.8 Å². The molecule has 0 saturated carbocycles. The van der Waals surface area contributed by atoms with Gasteiger partial charge < -0.3 is 10.2 Å². The smallest absolute Gasteiger partial charge is 0.338 e. The van der Waals surface area contributed by atoms with E-state index in [1.807, 2.05) is 0 Å². The van der Waals surface area contributed by atoms with Crippen LogP contribution in [0.5, 0.6) is 0 Å². The molecule has 0 aromatic carbocycles. The molecule has 0 amide bonds. The number of aliphatic hydroxyl groups excluding tert-OH is 1. The molecule has 0 saturated heterocycles. The third kappa shape index (κ3) is 1.83. The lowest BCUT2D eigenvalue weighted by atomic mass is 10.4. The first-order valence-corrected chi connectivity index (χ1v) is 1.74. The van der Waals surface area contributed by atoms with Gasteiger partial charge in [-0.25, -0.2) is 13.6 Å². The van der Waals surface area contributed by atoms with Gasteiger partial charge in [0, 0.05) is 0 Å². The minimum atomic E-state index is -3.20. The van der Waals surface area contributed by atoms with Crippen molar-refractivity contribution in [1.82, 2.24) is 0 Å². The molecule has 0 spiro atoms. The van der Waals surface area contributed by atoms with Crippen LogP contribution in [0.15, 0.2) is 0 Å². The zero-order valence-corrected chi connectivity index (χ0v) is 3.71. The first-order valence-electron chi connectivity index (χ1n) is 1.74. The van der Waals surface area contributed by atoms with E-state index in [0.717, 1.165) is 0 Å². The maximum Gasteiger partial charge on any atom is 0.338 e. The van der Waals surface area contributed by atoms with E-state index in [9.17, 15) is 13.6 Å². The summed E-state index contributed by atoms with van der Waals surface area (Å²) in [5.41, 5.74) is 0. The molecular weight excluding hydrogens is 122 g/mol. The van der Waals surface area contributed by atoms with Crippen LogP contribution in [-0.2, 0) is 4.79 Å². The summed E-state index contributed by atoms with van der Waals surface area (Å²) in [6.07, 6.45) is -5.75. The second-order valence-electron chi connectivity index (χ2n) is 1.12. The summed E-state index contributed by atoms with van der Waals surface area (Å²) >= 11 is 0. The zero-order chi connectivity index (χ0) is 6.73. The molecule has 0 aliphatic rings. The van der Waals surface area contributed by atoms with Gasteiger partial charge in [-0.3, -0.25) is 0 Å². The lowest BCUT2D eigenvalue weighted by Crippen LogP contribution is -2.27. The molecule has 8 heavy (non-hydrogen) atoms. The molecule has 0 radical (unpaired) electrons. The largest absolute Gasteiger partial charge is 0.479 e. The SMILES string of the molecule is O=C(O)C(O)C(F)F. The molecule has 0 aliphatic carbocycles.